The fourth-order valence-electron chi connectivity index (χ4n) is 2.54. The molecule has 1 amide bonds. The maximum absolute atomic E-state index is 12.3. The van der Waals surface area contributed by atoms with Crippen molar-refractivity contribution in [2.24, 2.45) is 10.6 Å². The molecule has 1 aromatic rings. The van der Waals surface area contributed by atoms with E-state index in [1.54, 1.807) is 6.07 Å². The van der Waals surface area contributed by atoms with Crippen LogP contribution in [0.25, 0.3) is 0 Å². The number of hydrogen-bond donors (Lipinski definition) is 1. The van der Waals surface area contributed by atoms with Crippen LogP contribution in [0, 0.1) is 5.41 Å². The van der Waals surface area contributed by atoms with E-state index in [2.05, 4.69) is 13.8 Å². The Hall–Kier alpha value is -0.920. The van der Waals surface area contributed by atoms with E-state index in [0.717, 1.165) is 48.6 Å². The summed E-state index contributed by atoms with van der Waals surface area (Å²) < 4.78 is 22.6. The highest BCUT2D eigenvalue weighted by molar-refractivity contribution is 7.91. The van der Waals surface area contributed by atoms with Crippen molar-refractivity contribution >= 4 is 27.3 Å². The minimum absolute atomic E-state index is 0.0653. The van der Waals surface area contributed by atoms with Crippen LogP contribution in [-0.4, -0.2) is 32.3 Å². The lowest BCUT2D eigenvalue weighted by atomic mass is 9.85. The summed E-state index contributed by atoms with van der Waals surface area (Å²) >= 11 is 1.08. The zero-order valence-electron chi connectivity index (χ0n) is 12.5. The molecule has 0 saturated carbocycles. The first-order valence-electron chi connectivity index (χ1n) is 7.07. The van der Waals surface area contributed by atoms with Crippen LogP contribution in [0.15, 0.2) is 16.3 Å². The topological polar surface area (TPSA) is 80.5 Å². The van der Waals surface area contributed by atoms with E-state index in [1.165, 1.54) is 6.07 Å². The summed E-state index contributed by atoms with van der Waals surface area (Å²) in [6.45, 7) is 6.03. The number of rotatable bonds is 3. The van der Waals surface area contributed by atoms with Gasteiger partial charge in [0.1, 0.15) is 4.21 Å². The van der Waals surface area contributed by atoms with Gasteiger partial charge in [-0.3, -0.25) is 4.79 Å². The zero-order valence-corrected chi connectivity index (χ0v) is 14.1. The number of primary sulfonamides is 1. The van der Waals surface area contributed by atoms with E-state index in [4.69, 9.17) is 5.14 Å². The van der Waals surface area contributed by atoms with Gasteiger partial charge in [-0.05, 0) is 36.8 Å². The van der Waals surface area contributed by atoms with Crippen molar-refractivity contribution in [3.05, 3.63) is 17.0 Å². The van der Waals surface area contributed by atoms with E-state index in [9.17, 15) is 13.2 Å². The molecule has 0 aliphatic carbocycles. The Morgan fingerprint density at radius 1 is 1.33 bits per heavy atom. The number of nitrogens with two attached hydrogens (primary N) is 1. The lowest BCUT2D eigenvalue weighted by molar-refractivity contribution is -0.130. The number of thiophene rings is 1. The van der Waals surface area contributed by atoms with Crippen molar-refractivity contribution in [3.63, 3.8) is 0 Å². The van der Waals surface area contributed by atoms with Gasteiger partial charge in [-0.1, -0.05) is 13.8 Å². The molecule has 1 aromatic heterocycles. The highest BCUT2D eigenvalue weighted by atomic mass is 32.2. The Morgan fingerprint density at radius 3 is 2.67 bits per heavy atom. The molecule has 0 atom stereocenters. The predicted octanol–water partition coefficient (Wildman–Crippen LogP) is 1.98. The molecule has 21 heavy (non-hydrogen) atoms. The molecule has 0 aromatic carbocycles. The van der Waals surface area contributed by atoms with E-state index >= 15 is 0 Å². The Balaban J connectivity index is 2.00. The summed E-state index contributed by atoms with van der Waals surface area (Å²) in [7, 11) is -3.67. The first-order chi connectivity index (χ1) is 9.67. The van der Waals surface area contributed by atoms with Gasteiger partial charge in [-0.2, -0.15) is 0 Å². The molecule has 1 aliphatic heterocycles. The van der Waals surface area contributed by atoms with Crippen LogP contribution >= 0.6 is 11.3 Å². The highest BCUT2D eigenvalue weighted by Crippen LogP contribution is 2.30. The quantitative estimate of drug-likeness (QED) is 0.920. The summed E-state index contributed by atoms with van der Waals surface area (Å²) in [4.78, 5) is 15.0. The molecule has 1 aliphatic rings. The smallest absolute Gasteiger partial charge is 0.247 e. The Bertz CT molecular complexity index is 620. The average molecular weight is 330 g/mol. The monoisotopic (exact) mass is 330 g/mol. The van der Waals surface area contributed by atoms with Crippen LogP contribution in [0.3, 0.4) is 0 Å². The summed E-state index contributed by atoms with van der Waals surface area (Å²) in [5, 5.41) is 5.08. The van der Waals surface area contributed by atoms with Crippen LogP contribution in [-0.2, 0) is 21.2 Å². The molecule has 2 heterocycles. The number of sulfonamides is 1. The van der Waals surface area contributed by atoms with E-state index in [-0.39, 0.29) is 16.5 Å². The van der Waals surface area contributed by atoms with Crippen LogP contribution in [0.5, 0.6) is 0 Å². The maximum atomic E-state index is 12.3. The van der Waals surface area contributed by atoms with E-state index < -0.39 is 10.0 Å². The Morgan fingerprint density at radius 2 is 2.05 bits per heavy atom. The molecule has 118 valence electrons. The summed E-state index contributed by atoms with van der Waals surface area (Å²) in [6, 6.07) is 3.14. The van der Waals surface area contributed by atoms with Gasteiger partial charge in [-0.15, -0.1) is 11.3 Å². The van der Waals surface area contributed by atoms with Gasteiger partial charge in [0, 0.05) is 18.0 Å². The third kappa shape index (κ3) is 4.52. The molecule has 0 spiro atoms. The number of hydrogen-bond acceptors (Lipinski definition) is 4. The molecular formula is C14H22N2O3S2. The van der Waals surface area contributed by atoms with Gasteiger partial charge in [0.15, 0.2) is 0 Å². The number of carbonyl (C=O) groups excluding carboxylic acids is 1. The summed E-state index contributed by atoms with van der Waals surface area (Å²) in [5.41, 5.74) is 0.290. The van der Waals surface area contributed by atoms with Gasteiger partial charge in [0.2, 0.25) is 15.9 Å². The molecule has 0 bridgehead atoms. The first kappa shape index (κ1) is 16.5. The molecule has 7 heteroatoms. The zero-order chi connectivity index (χ0) is 15.7. The Kier molecular flexibility index (Phi) is 4.75. The second-order valence-corrected chi connectivity index (χ2v) is 9.30. The average Bonchev–Trinajstić information content (AvgIpc) is 2.73. The normalized spacial score (nSPS) is 19.3. The van der Waals surface area contributed by atoms with Gasteiger partial charge in [0.25, 0.3) is 0 Å². The molecule has 0 radical (unpaired) electrons. The van der Waals surface area contributed by atoms with Crippen molar-refractivity contribution in [2.45, 2.75) is 43.7 Å². The van der Waals surface area contributed by atoms with Gasteiger partial charge in [-0.25, -0.2) is 13.6 Å². The van der Waals surface area contributed by atoms with Crippen LogP contribution < -0.4 is 5.14 Å². The lowest BCUT2D eigenvalue weighted by Crippen LogP contribution is -2.33. The Labute approximate surface area is 130 Å². The lowest BCUT2D eigenvalue weighted by Gasteiger charge is -2.23. The molecule has 1 fully saturated rings. The van der Waals surface area contributed by atoms with Crippen molar-refractivity contribution in [1.82, 2.24) is 4.90 Å². The van der Waals surface area contributed by atoms with Crippen molar-refractivity contribution in [3.8, 4) is 0 Å². The molecule has 5 nitrogen and oxygen atoms in total. The largest absolute Gasteiger partial charge is 0.342 e. The first-order valence-corrected chi connectivity index (χ1v) is 9.43. The molecule has 2 rings (SSSR count). The van der Waals surface area contributed by atoms with Gasteiger partial charge >= 0.3 is 0 Å². The van der Waals surface area contributed by atoms with Crippen molar-refractivity contribution in [1.29, 1.82) is 0 Å². The van der Waals surface area contributed by atoms with Crippen molar-refractivity contribution in [2.75, 3.05) is 13.1 Å². The summed E-state index contributed by atoms with van der Waals surface area (Å²) in [6.07, 6.45) is 3.41. The molecule has 1 saturated heterocycles. The third-order valence-electron chi connectivity index (χ3n) is 3.94. The predicted molar refractivity (Wildman–Crippen MR) is 83.6 cm³/mol. The number of amides is 1. The fourth-order valence-corrected chi connectivity index (χ4v) is 4.31. The highest BCUT2D eigenvalue weighted by Gasteiger charge is 2.25. The fraction of sp³-hybridized carbons (Fsp3) is 0.643. The molecule has 2 N–H and O–H groups in total. The van der Waals surface area contributed by atoms with Crippen LogP contribution in [0.1, 0.15) is 38.0 Å². The van der Waals surface area contributed by atoms with E-state index in [1.807, 2.05) is 4.90 Å². The minimum atomic E-state index is -3.67. The second kappa shape index (κ2) is 6.06. The minimum Gasteiger partial charge on any atom is -0.342 e. The van der Waals surface area contributed by atoms with Gasteiger partial charge in [0.05, 0.1) is 6.42 Å². The van der Waals surface area contributed by atoms with Crippen LogP contribution in [0.2, 0.25) is 0 Å². The SMILES string of the molecule is CC1(C)CCCN(C(=O)Cc2ccc(S(N)(=O)=O)s2)CC1. The number of carbonyl (C=O) groups is 1. The molecular weight excluding hydrogens is 308 g/mol. The standard InChI is InChI=1S/C14H22N2O3S2/c1-14(2)6-3-8-16(9-7-14)12(17)10-11-4-5-13(20-11)21(15,18)19/h4-5H,3,6-10H2,1-2H3,(H2,15,18,19). The third-order valence-corrected chi connectivity index (χ3v) is 6.46. The molecule has 0 unspecified atom stereocenters. The van der Waals surface area contributed by atoms with Crippen LogP contribution in [0.4, 0.5) is 0 Å². The maximum Gasteiger partial charge on any atom is 0.247 e. The van der Waals surface area contributed by atoms with Gasteiger partial charge < -0.3 is 4.90 Å². The summed E-state index contributed by atoms with van der Waals surface area (Å²) in [5.74, 6) is 0.0653. The van der Waals surface area contributed by atoms with Crippen molar-refractivity contribution < 1.29 is 13.2 Å². The number of likely N-dealkylation sites (tertiary alicyclic amines) is 1. The number of nitrogens with zero attached hydrogens (tertiary/aromatic N) is 1. The second-order valence-electron chi connectivity index (χ2n) is 6.34. The van der Waals surface area contributed by atoms with E-state index in [0.29, 0.717) is 5.41 Å².